The van der Waals surface area contributed by atoms with Crippen molar-refractivity contribution in [2.45, 2.75) is 119 Å². The number of allylic oxidation sites excluding steroid dienone is 1. The van der Waals surface area contributed by atoms with Gasteiger partial charge in [0.1, 0.15) is 28.9 Å². The number of nitro benzene ring substituents is 1. The van der Waals surface area contributed by atoms with Crippen LogP contribution in [-0.4, -0.2) is 156 Å². The number of rotatable bonds is 22. The minimum absolute atomic E-state index is 0.0422. The van der Waals surface area contributed by atoms with Gasteiger partial charge in [0.15, 0.2) is 0 Å². The van der Waals surface area contributed by atoms with E-state index in [1.54, 1.807) is 47.1 Å². The number of aromatic amines is 1. The number of ether oxygens (including phenoxy) is 1. The number of H-pyrrole nitrogens is 1. The average molecular weight is 1300 g/mol. The number of imide groups is 1. The monoisotopic (exact) mass is 1290 g/mol. The van der Waals surface area contributed by atoms with Crippen LogP contribution in [0.25, 0.3) is 16.6 Å². The predicted octanol–water partition coefficient (Wildman–Crippen LogP) is 11.1. The molecule has 12 rings (SSSR count). The first-order chi connectivity index (χ1) is 43.9. The van der Waals surface area contributed by atoms with E-state index in [4.69, 9.17) is 16.3 Å². The second kappa shape index (κ2) is 27.9. The number of nitrogens with one attached hydrogen (secondary N) is 4. The van der Waals surface area contributed by atoms with Crippen molar-refractivity contribution in [1.29, 1.82) is 0 Å². The Morgan fingerprint density at radius 2 is 1.66 bits per heavy atom. The SMILES string of the molecule is CC1(C)CCC(CN2CCN(c3ccc(C(=O)NS(=O)(=O)c4ccc(NCC5CCN(C6CCN(CCCCCSc7cccc8c7CN(C7CCC(=O)NC7=O)C8=O)CC6)CC5)c([N+](=O)[O-])c4)c(Oc4cnc5[nH]ccc5c4)c3)CC2)=C(c2ccc(Cl)cc2)C1. The van der Waals surface area contributed by atoms with Crippen LogP contribution >= 0.6 is 23.4 Å². The molecule has 6 aliphatic rings. The molecule has 20 nitrogen and oxygen atoms in total. The molecule has 1 atom stereocenters. The quantitative estimate of drug-likeness (QED) is 0.0163. The Labute approximate surface area is 541 Å². The van der Waals surface area contributed by atoms with Crippen molar-refractivity contribution in [2.75, 3.05) is 88.0 Å². The average Bonchev–Trinajstić information content (AvgIpc) is 1.77. The minimum Gasteiger partial charge on any atom is -0.455 e. The number of halogens is 1. The number of piperidine rings is 3. The van der Waals surface area contributed by atoms with Crippen molar-refractivity contribution >= 4 is 90.7 Å². The fourth-order valence-electron chi connectivity index (χ4n) is 14.0. The molecule has 4 amide bonds. The molecule has 91 heavy (non-hydrogen) atoms. The summed E-state index contributed by atoms with van der Waals surface area (Å²) in [5, 5.41) is 19.7. The van der Waals surface area contributed by atoms with E-state index in [1.165, 1.54) is 35.0 Å². The predicted molar refractivity (Wildman–Crippen MR) is 354 cm³/mol. The number of nitro groups is 1. The zero-order valence-corrected chi connectivity index (χ0v) is 54.1. The van der Waals surface area contributed by atoms with Gasteiger partial charge in [0.05, 0.1) is 21.6 Å². The fourth-order valence-corrected chi connectivity index (χ4v) is 16.2. The van der Waals surface area contributed by atoms with Gasteiger partial charge in [-0.3, -0.25) is 39.5 Å². The first kappa shape index (κ1) is 63.8. The van der Waals surface area contributed by atoms with Crippen molar-refractivity contribution in [1.82, 2.24) is 39.6 Å². The Bertz CT molecular complexity index is 3860. The van der Waals surface area contributed by atoms with Gasteiger partial charge in [-0.15, -0.1) is 11.8 Å². The zero-order chi connectivity index (χ0) is 63.4. The third-order valence-corrected chi connectivity index (χ3v) is 22.0. The Balaban J connectivity index is 0.603. The second-order valence-electron chi connectivity index (χ2n) is 26.0. The smallest absolute Gasteiger partial charge is 0.293 e. The number of sulfonamides is 1. The molecule has 6 aromatic rings. The number of hydrogen-bond donors (Lipinski definition) is 4. The van der Waals surface area contributed by atoms with Crippen molar-refractivity contribution in [3.05, 3.63) is 146 Å². The minimum atomic E-state index is -4.61. The van der Waals surface area contributed by atoms with E-state index in [9.17, 15) is 37.7 Å². The summed E-state index contributed by atoms with van der Waals surface area (Å²) in [5.74, 6) is -0.102. The van der Waals surface area contributed by atoms with Gasteiger partial charge in [-0.2, -0.15) is 0 Å². The van der Waals surface area contributed by atoms with E-state index in [0.29, 0.717) is 55.6 Å². The summed E-state index contributed by atoms with van der Waals surface area (Å²) in [6.07, 6.45) is 14.4. The maximum atomic E-state index is 14.2. The molecule has 4 fully saturated rings. The Hall–Kier alpha value is -7.34. The molecule has 0 saturated carbocycles. The molecule has 4 saturated heterocycles. The third-order valence-electron chi connectivity index (χ3n) is 19.3. The number of pyridine rings is 1. The summed E-state index contributed by atoms with van der Waals surface area (Å²) in [4.78, 5) is 83.4. The van der Waals surface area contributed by atoms with Gasteiger partial charge in [0, 0.05) is 103 Å². The van der Waals surface area contributed by atoms with Crippen LogP contribution in [0.3, 0.4) is 0 Å². The van der Waals surface area contributed by atoms with Crippen molar-refractivity contribution in [3.63, 3.8) is 0 Å². The molecule has 480 valence electrons. The topological polar surface area (TPSA) is 236 Å². The highest BCUT2D eigenvalue weighted by Crippen LogP contribution is 2.44. The van der Waals surface area contributed by atoms with Crippen molar-refractivity contribution in [2.24, 2.45) is 11.3 Å². The molecule has 7 heterocycles. The molecule has 23 heteroatoms. The Morgan fingerprint density at radius 1 is 0.868 bits per heavy atom. The zero-order valence-electron chi connectivity index (χ0n) is 51.7. The number of benzene rings is 4. The summed E-state index contributed by atoms with van der Waals surface area (Å²) < 4.78 is 36.6. The molecule has 1 aliphatic carbocycles. The summed E-state index contributed by atoms with van der Waals surface area (Å²) in [6.45, 7) is 14.5. The number of carbonyl (C=O) groups excluding carboxylic acids is 4. The van der Waals surface area contributed by atoms with E-state index in [-0.39, 0.29) is 46.6 Å². The van der Waals surface area contributed by atoms with Crippen LogP contribution in [0.15, 0.2) is 119 Å². The van der Waals surface area contributed by atoms with Crippen LogP contribution in [0.1, 0.15) is 123 Å². The highest BCUT2D eigenvalue weighted by atomic mass is 35.5. The normalized spacial score (nSPS) is 19.9. The number of likely N-dealkylation sites (tertiary alicyclic amines) is 2. The van der Waals surface area contributed by atoms with Crippen LogP contribution < -0.4 is 25.0 Å². The third kappa shape index (κ3) is 15.1. The number of thioether (sulfide) groups is 1. The highest BCUT2D eigenvalue weighted by molar-refractivity contribution is 7.99. The number of anilines is 2. The van der Waals surface area contributed by atoms with Crippen molar-refractivity contribution in [3.8, 4) is 11.5 Å². The standard InChI is InChI=1S/C68H80ClN11O9S2/c1-68(2)25-19-48(56(40-68)46-9-11-49(69)12-10-46)43-76-32-34-78(35-33-76)51-13-15-55(61(38-51)89-52-37-47-20-26-70-64(47)72-42-52)65(82)74-91(87,88)53-14-16-58(60(39-53)80(85)86)71-41-45-21-30-77(31-22-45)50-23-28-75(29-24-50)27-4-3-5-36-90-62-8-6-7-54-57(62)44-79(67(54)84)59-17-18-63(81)73-66(59)83/h6-16,20,26,37-39,42,45,50,59,71H,3-5,17-19,21-25,27-36,40-41,43-44H2,1-2H3,(H,70,72)(H,74,82)(H,73,81,83). The number of hydrogen-bond acceptors (Lipinski definition) is 16. The first-order valence-corrected chi connectivity index (χ1v) is 34.9. The van der Waals surface area contributed by atoms with Gasteiger partial charge in [-0.25, -0.2) is 18.1 Å². The lowest BCUT2D eigenvalue weighted by Gasteiger charge is -2.42. The summed E-state index contributed by atoms with van der Waals surface area (Å²) >= 11 is 8.05. The number of unbranched alkanes of at least 4 members (excludes halogenated alkanes) is 2. The van der Waals surface area contributed by atoms with E-state index >= 15 is 0 Å². The number of nitrogens with zero attached hydrogens (tertiary/aromatic N) is 7. The molecule has 0 radical (unpaired) electrons. The van der Waals surface area contributed by atoms with E-state index < -0.39 is 43.4 Å². The van der Waals surface area contributed by atoms with Gasteiger partial charge in [0.25, 0.3) is 27.5 Å². The van der Waals surface area contributed by atoms with Gasteiger partial charge >= 0.3 is 0 Å². The lowest BCUT2D eigenvalue weighted by molar-refractivity contribution is -0.384. The van der Waals surface area contributed by atoms with E-state index in [1.807, 2.05) is 30.3 Å². The lowest BCUT2D eigenvalue weighted by Crippen LogP contribution is -2.52. The van der Waals surface area contributed by atoms with Gasteiger partial charge < -0.3 is 34.6 Å². The summed E-state index contributed by atoms with van der Waals surface area (Å²) in [6, 6.07) is 26.3. The molecule has 1 unspecified atom stereocenters. The lowest BCUT2D eigenvalue weighted by atomic mass is 9.72. The molecule has 2 aromatic heterocycles. The largest absolute Gasteiger partial charge is 0.455 e. The highest BCUT2D eigenvalue weighted by Gasteiger charge is 2.40. The molecule has 0 bridgehead atoms. The van der Waals surface area contributed by atoms with Crippen LogP contribution in [0.4, 0.5) is 17.1 Å². The van der Waals surface area contributed by atoms with Crippen molar-refractivity contribution < 1.29 is 37.3 Å². The van der Waals surface area contributed by atoms with Crippen LogP contribution in [0.5, 0.6) is 11.5 Å². The molecule has 0 spiro atoms. The number of carbonyl (C=O) groups is 4. The Morgan fingerprint density at radius 3 is 2.43 bits per heavy atom. The van der Waals surface area contributed by atoms with E-state index in [0.717, 1.165) is 155 Å². The molecule has 4 N–H and O–H groups in total. The van der Waals surface area contributed by atoms with Crippen LogP contribution in [0.2, 0.25) is 5.02 Å². The summed E-state index contributed by atoms with van der Waals surface area (Å²) in [5.41, 5.74) is 7.14. The fraction of sp³-hybridized carbons (Fsp3) is 0.456. The van der Waals surface area contributed by atoms with Crippen LogP contribution in [0, 0.1) is 21.4 Å². The molecule has 4 aromatic carbocycles. The molecular formula is C68H80ClN11O9S2. The number of aromatic nitrogens is 2. The van der Waals surface area contributed by atoms with Gasteiger partial charge in [-0.1, -0.05) is 55.6 Å². The number of fused-ring (bicyclic) bond motifs is 2. The molecule has 5 aliphatic heterocycles. The number of piperazine rings is 1. The van der Waals surface area contributed by atoms with E-state index in [2.05, 4.69) is 77.0 Å². The maximum absolute atomic E-state index is 14.2. The number of amides is 4. The summed E-state index contributed by atoms with van der Waals surface area (Å²) in [7, 11) is -4.61. The van der Waals surface area contributed by atoms with Gasteiger partial charge in [-0.05, 0) is 191 Å². The first-order valence-electron chi connectivity index (χ1n) is 32.0. The Kier molecular flexibility index (Phi) is 19.5. The van der Waals surface area contributed by atoms with Gasteiger partial charge in [0.2, 0.25) is 11.8 Å². The second-order valence-corrected chi connectivity index (χ2v) is 29.2. The maximum Gasteiger partial charge on any atom is 0.293 e. The molecular weight excluding hydrogens is 1210 g/mol. The van der Waals surface area contributed by atoms with Crippen LogP contribution in [-0.2, 0) is 26.2 Å².